The highest BCUT2D eigenvalue weighted by Gasteiger charge is 2.26. The third-order valence-electron chi connectivity index (χ3n) is 5.05. The summed E-state index contributed by atoms with van der Waals surface area (Å²) >= 11 is 0. The van der Waals surface area contributed by atoms with Crippen LogP contribution in [0.3, 0.4) is 0 Å². The number of sulfonamides is 1. The van der Waals surface area contributed by atoms with E-state index in [0.29, 0.717) is 17.2 Å². The lowest BCUT2D eigenvalue weighted by atomic mass is 10.1. The molecule has 0 aliphatic carbocycles. The van der Waals surface area contributed by atoms with Crippen LogP contribution in [0.25, 0.3) is 0 Å². The molecule has 4 rings (SSSR count). The van der Waals surface area contributed by atoms with Gasteiger partial charge in [-0.25, -0.2) is 8.42 Å². The van der Waals surface area contributed by atoms with Gasteiger partial charge < -0.3 is 10.1 Å². The largest absolute Gasteiger partial charge is 0.457 e. The van der Waals surface area contributed by atoms with E-state index in [9.17, 15) is 13.2 Å². The van der Waals surface area contributed by atoms with Gasteiger partial charge in [0.2, 0.25) is 15.9 Å². The minimum absolute atomic E-state index is 0.100. The summed E-state index contributed by atoms with van der Waals surface area (Å²) in [4.78, 5) is 13.2. The lowest BCUT2D eigenvalue weighted by molar-refractivity contribution is -0.117. The number of rotatable bonds is 9. The minimum Gasteiger partial charge on any atom is -0.457 e. The van der Waals surface area contributed by atoms with Crippen LogP contribution in [0.15, 0.2) is 120 Å². The lowest BCUT2D eigenvalue weighted by Gasteiger charge is -2.19. The molecule has 0 aliphatic heterocycles. The van der Waals surface area contributed by atoms with E-state index in [4.69, 9.17) is 4.74 Å². The monoisotopic (exact) mass is 472 g/mol. The van der Waals surface area contributed by atoms with Crippen LogP contribution in [0.4, 0.5) is 5.69 Å². The Labute approximate surface area is 199 Å². The van der Waals surface area contributed by atoms with Crippen LogP contribution in [0, 0.1) is 0 Å². The van der Waals surface area contributed by atoms with Crippen LogP contribution in [0.5, 0.6) is 11.5 Å². The molecule has 0 heterocycles. The first-order valence-electron chi connectivity index (χ1n) is 10.7. The minimum atomic E-state index is -3.89. The molecule has 0 bridgehead atoms. The van der Waals surface area contributed by atoms with Crippen molar-refractivity contribution >= 4 is 21.6 Å². The first-order chi connectivity index (χ1) is 16.5. The van der Waals surface area contributed by atoms with Crippen LogP contribution >= 0.6 is 0 Å². The van der Waals surface area contributed by atoms with Gasteiger partial charge in [0.05, 0.1) is 4.90 Å². The number of amides is 1. The molecule has 7 heteroatoms. The number of anilines is 1. The fourth-order valence-electron chi connectivity index (χ4n) is 3.35. The van der Waals surface area contributed by atoms with Gasteiger partial charge in [-0.2, -0.15) is 4.72 Å². The summed E-state index contributed by atoms with van der Waals surface area (Å²) in [6, 6.07) is 32.5. The summed E-state index contributed by atoms with van der Waals surface area (Å²) in [6.07, 6.45) is 0.202. The molecule has 0 saturated carbocycles. The molecule has 0 aromatic heterocycles. The van der Waals surface area contributed by atoms with E-state index >= 15 is 0 Å². The van der Waals surface area contributed by atoms with E-state index in [-0.39, 0.29) is 11.3 Å². The Morgan fingerprint density at radius 3 is 1.85 bits per heavy atom. The van der Waals surface area contributed by atoms with Crippen molar-refractivity contribution in [1.82, 2.24) is 4.72 Å². The highest BCUT2D eigenvalue weighted by Crippen LogP contribution is 2.23. The van der Waals surface area contributed by atoms with Crippen molar-refractivity contribution in [3.05, 3.63) is 121 Å². The normalized spacial score (nSPS) is 12.0. The molecule has 4 aromatic carbocycles. The molecule has 172 valence electrons. The van der Waals surface area contributed by atoms with Gasteiger partial charge in [0.1, 0.15) is 17.5 Å². The Bertz CT molecular complexity index is 1310. The predicted octanol–water partition coefficient (Wildman–Crippen LogP) is 5.01. The molecule has 0 unspecified atom stereocenters. The average Bonchev–Trinajstić information content (AvgIpc) is 2.86. The van der Waals surface area contributed by atoms with Gasteiger partial charge in [-0.15, -0.1) is 0 Å². The van der Waals surface area contributed by atoms with Crippen molar-refractivity contribution in [2.45, 2.75) is 17.4 Å². The van der Waals surface area contributed by atoms with Crippen LogP contribution in [-0.4, -0.2) is 20.4 Å². The molecule has 6 nitrogen and oxygen atoms in total. The quantitative estimate of drug-likeness (QED) is 0.359. The van der Waals surface area contributed by atoms with Crippen LogP contribution in [-0.2, 0) is 21.2 Å². The van der Waals surface area contributed by atoms with Gasteiger partial charge >= 0.3 is 0 Å². The van der Waals surface area contributed by atoms with Gasteiger partial charge in [-0.3, -0.25) is 4.79 Å². The SMILES string of the molecule is O=C(Nc1ccc(Oc2ccccc2)cc1)[C@@H](Cc1ccccc1)NS(=O)(=O)c1ccccc1. The summed E-state index contributed by atoms with van der Waals surface area (Å²) in [6.45, 7) is 0. The number of hydrogen-bond acceptors (Lipinski definition) is 4. The fraction of sp³-hybridized carbons (Fsp3) is 0.0741. The van der Waals surface area contributed by atoms with E-state index < -0.39 is 22.0 Å². The standard InChI is InChI=1S/C27H24N2O4S/c30-27(28-22-16-18-24(19-17-22)33-23-12-6-2-7-13-23)26(20-21-10-4-1-5-11-21)29-34(31,32)25-14-8-3-9-15-25/h1-19,26,29H,20H2,(H,28,30)/t26-/m1/s1. The summed E-state index contributed by atoms with van der Waals surface area (Å²) in [7, 11) is -3.89. The molecular formula is C27H24N2O4S. The Hall–Kier alpha value is -3.94. The number of carbonyl (C=O) groups is 1. The Morgan fingerprint density at radius 1 is 0.706 bits per heavy atom. The van der Waals surface area contributed by atoms with E-state index in [1.165, 1.54) is 12.1 Å². The Balaban J connectivity index is 1.49. The highest BCUT2D eigenvalue weighted by atomic mass is 32.2. The lowest BCUT2D eigenvalue weighted by Crippen LogP contribution is -2.45. The maximum absolute atomic E-state index is 13.1. The van der Waals surface area contributed by atoms with E-state index in [1.807, 2.05) is 60.7 Å². The molecule has 0 spiro atoms. The molecule has 0 saturated heterocycles. The second-order valence-electron chi connectivity index (χ2n) is 7.61. The van der Waals surface area contributed by atoms with Crippen molar-refractivity contribution < 1.29 is 17.9 Å². The molecule has 1 atom stereocenters. The zero-order valence-corrected chi connectivity index (χ0v) is 19.1. The smallest absolute Gasteiger partial charge is 0.242 e. The highest BCUT2D eigenvalue weighted by molar-refractivity contribution is 7.89. The number of ether oxygens (including phenoxy) is 1. The number of para-hydroxylation sites is 1. The summed E-state index contributed by atoms with van der Waals surface area (Å²) in [5.41, 5.74) is 1.37. The molecule has 1 amide bonds. The van der Waals surface area contributed by atoms with Crippen LogP contribution in [0.2, 0.25) is 0 Å². The summed E-state index contributed by atoms with van der Waals surface area (Å²) in [5.74, 6) is 0.868. The first kappa shape index (κ1) is 23.2. The number of nitrogens with one attached hydrogen (secondary N) is 2. The number of carbonyl (C=O) groups excluding carboxylic acids is 1. The zero-order chi connectivity index (χ0) is 23.8. The van der Waals surface area contributed by atoms with E-state index in [2.05, 4.69) is 10.0 Å². The average molecular weight is 473 g/mol. The topological polar surface area (TPSA) is 84.5 Å². The van der Waals surface area contributed by atoms with Crippen molar-refractivity contribution in [2.24, 2.45) is 0 Å². The molecule has 2 N–H and O–H groups in total. The third kappa shape index (κ3) is 6.31. The van der Waals surface area contributed by atoms with Crippen molar-refractivity contribution in [3.63, 3.8) is 0 Å². The van der Waals surface area contributed by atoms with Crippen molar-refractivity contribution in [3.8, 4) is 11.5 Å². The second kappa shape index (κ2) is 10.8. The van der Waals surface area contributed by atoms with E-state index in [1.54, 1.807) is 42.5 Å². The Kier molecular flexibility index (Phi) is 7.37. The number of benzene rings is 4. The fourth-order valence-corrected chi connectivity index (χ4v) is 4.57. The second-order valence-corrected chi connectivity index (χ2v) is 9.32. The van der Waals surface area contributed by atoms with Crippen LogP contribution in [0.1, 0.15) is 5.56 Å². The van der Waals surface area contributed by atoms with Crippen molar-refractivity contribution in [2.75, 3.05) is 5.32 Å². The maximum atomic E-state index is 13.1. The number of hydrogen-bond donors (Lipinski definition) is 2. The molecule has 0 radical (unpaired) electrons. The van der Waals surface area contributed by atoms with Gasteiger partial charge in [-0.05, 0) is 60.5 Å². The molecule has 0 fully saturated rings. The maximum Gasteiger partial charge on any atom is 0.242 e. The molecular weight excluding hydrogens is 448 g/mol. The van der Waals surface area contributed by atoms with Crippen molar-refractivity contribution in [1.29, 1.82) is 0 Å². The van der Waals surface area contributed by atoms with Gasteiger partial charge in [-0.1, -0.05) is 66.7 Å². The van der Waals surface area contributed by atoms with E-state index in [0.717, 1.165) is 5.56 Å². The third-order valence-corrected chi connectivity index (χ3v) is 6.54. The molecule has 4 aromatic rings. The summed E-state index contributed by atoms with van der Waals surface area (Å²) < 4.78 is 34.1. The van der Waals surface area contributed by atoms with Gasteiger partial charge in [0, 0.05) is 5.69 Å². The van der Waals surface area contributed by atoms with Gasteiger partial charge in [0.15, 0.2) is 0 Å². The molecule has 34 heavy (non-hydrogen) atoms. The van der Waals surface area contributed by atoms with Gasteiger partial charge in [0.25, 0.3) is 0 Å². The predicted molar refractivity (Wildman–Crippen MR) is 132 cm³/mol. The zero-order valence-electron chi connectivity index (χ0n) is 18.3. The van der Waals surface area contributed by atoms with Crippen LogP contribution < -0.4 is 14.8 Å². The molecule has 0 aliphatic rings. The summed E-state index contributed by atoms with van der Waals surface area (Å²) in [5, 5.41) is 2.81. The first-order valence-corrected chi connectivity index (χ1v) is 12.2. The Morgan fingerprint density at radius 2 is 1.24 bits per heavy atom.